The van der Waals surface area contributed by atoms with E-state index in [4.69, 9.17) is 4.74 Å². The van der Waals surface area contributed by atoms with E-state index in [9.17, 15) is 4.79 Å². The Morgan fingerprint density at radius 3 is 2.55 bits per heavy atom. The van der Waals surface area contributed by atoms with Crippen LogP contribution in [-0.4, -0.2) is 18.6 Å². The van der Waals surface area contributed by atoms with Gasteiger partial charge in [-0.1, -0.05) is 32.9 Å². The summed E-state index contributed by atoms with van der Waals surface area (Å²) in [6.45, 7) is 6.66. The maximum atomic E-state index is 11.8. The van der Waals surface area contributed by atoms with Crippen LogP contribution in [0.5, 0.6) is 5.75 Å². The SMILES string of the molecule is CC1CCC(NC(=O)COc2ccc(C(C)C)cc2)C1. The van der Waals surface area contributed by atoms with E-state index < -0.39 is 0 Å². The van der Waals surface area contributed by atoms with E-state index >= 15 is 0 Å². The molecule has 1 aromatic carbocycles. The zero-order valence-corrected chi connectivity index (χ0v) is 12.7. The average molecular weight is 275 g/mol. The summed E-state index contributed by atoms with van der Waals surface area (Å²) in [6.07, 6.45) is 3.40. The van der Waals surface area contributed by atoms with Gasteiger partial charge in [-0.3, -0.25) is 4.79 Å². The summed E-state index contributed by atoms with van der Waals surface area (Å²) in [5, 5.41) is 3.05. The molecule has 2 atom stereocenters. The predicted molar refractivity (Wildman–Crippen MR) is 81.0 cm³/mol. The molecule has 2 unspecified atom stereocenters. The molecule has 0 radical (unpaired) electrons. The van der Waals surface area contributed by atoms with Crippen LogP contribution < -0.4 is 10.1 Å². The Balaban J connectivity index is 1.75. The highest BCUT2D eigenvalue weighted by molar-refractivity contribution is 5.77. The van der Waals surface area contributed by atoms with Crippen LogP contribution in [0.1, 0.15) is 51.5 Å². The lowest BCUT2D eigenvalue weighted by atomic mass is 10.0. The minimum absolute atomic E-state index is 0.0166. The zero-order valence-electron chi connectivity index (χ0n) is 12.7. The Hall–Kier alpha value is -1.51. The molecule has 3 heteroatoms. The number of nitrogens with one attached hydrogen (secondary N) is 1. The first kappa shape index (κ1) is 14.9. The topological polar surface area (TPSA) is 38.3 Å². The summed E-state index contributed by atoms with van der Waals surface area (Å²) < 4.78 is 5.53. The van der Waals surface area contributed by atoms with Gasteiger partial charge in [-0.05, 0) is 48.8 Å². The minimum atomic E-state index is -0.0166. The van der Waals surface area contributed by atoms with Crippen molar-refractivity contribution in [3.8, 4) is 5.75 Å². The summed E-state index contributed by atoms with van der Waals surface area (Å²) in [5.41, 5.74) is 1.28. The molecule has 0 aromatic heterocycles. The fourth-order valence-electron chi connectivity index (χ4n) is 2.71. The first-order chi connectivity index (χ1) is 9.54. The lowest BCUT2D eigenvalue weighted by Crippen LogP contribution is -2.36. The van der Waals surface area contributed by atoms with E-state index in [1.165, 1.54) is 12.0 Å². The fraction of sp³-hybridized carbons (Fsp3) is 0.588. The molecular formula is C17H25NO2. The van der Waals surface area contributed by atoms with Crippen LogP contribution in [0.3, 0.4) is 0 Å². The average Bonchev–Trinajstić information content (AvgIpc) is 2.82. The van der Waals surface area contributed by atoms with Crippen LogP contribution in [-0.2, 0) is 4.79 Å². The Morgan fingerprint density at radius 2 is 2.00 bits per heavy atom. The smallest absolute Gasteiger partial charge is 0.258 e. The van der Waals surface area contributed by atoms with Crippen LogP contribution in [0.15, 0.2) is 24.3 Å². The van der Waals surface area contributed by atoms with E-state index in [1.54, 1.807) is 0 Å². The van der Waals surface area contributed by atoms with Crippen LogP contribution >= 0.6 is 0 Å². The van der Waals surface area contributed by atoms with Gasteiger partial charge >= 0.3 is 0 Å². The van der Waals surface area contributed by atoms with Crippen LogP contribution in [0.4, 0.5) is 0 Å². The second-order valence-corrected chi connectivity index (χ2v) is 6.20. The maximum Gasteiger partial charge on any atom is 0.258 e. The van der Waals surface area contributed by atoms with Gasteiger partial charge in [0.15, 0.2) is 6.61 Å². The number of hydrogen-bond acceptors (Lipinski definition) is 2. The largest absolute Gasteiger partial charge is 0.484 e. The predicted octanol–water partition coefficient (Wildman–Crippen LogP) is 3.49. The standard InChI is InChI=1S/C17H25NO2/c1-12(2)14-5-8-16(9-6-14)20-11-17(19)18-15-7-4-13(3)10-15/h5-6,8-9,12-13,15H,4,7,10-11H2,1-3H3,(H,18,19). The van der Waals surface area contributed by atoms with Crippen molar-refractivity contribution in [3.63, 3.8) is 0 Å². The highest BCUT2D eigenvalue weighted by Gasteiger charge is 2.22. The van der Waals surface area contributed by atoms with Crippen LogP contribution in [0.25, 0.3) is 0 Å². The van der Waals surface area contributed by atoms with Gasteiger partial charge in [0.1, 0.15) is 5.75 Å². The van der Waals surface area contributed by atoms with Gasteiger partial charge in [-0.2, -0.15) is 0 Å². The van der Waals surface area contributed by atoms with E-state index in [-0.39, 0.29) is 12.5 Å². The van der Waals surface area contributed by atoms with Crippen molar-refractivity contribution in [2.45, 2.75) is 52.0 Å². The molecule has 1 fully saturated rings. The number of benzene rings is 1. The normalized spacial score (nSPS) is 22.0. The minimum Gasteiger partial charge on any atom is -0.484 e. The number of carbonyl (C=O) groups excluding carboxylic acids is 1. The van der Waals surface area contributed by atoms with E-state index in [0.29, 0.717) is 12.0 Å². The van der Waals surface area contributed by atoms with Gasteiger partial charge in [0.2, 0.25) is 0 Å². The zero-order chi connectivity index (χ0) is 14.5. The van der Waals surface area contributed by atoms with Gasteiger partial charge in [0.05, 0.1) is 0 Å². The molecule has 1 aromatic rings. The lowest BCUT2D eigenvalue weighted by molar-refractivity contribution is -0.123. The molecule has 3 nitrogen and oxygen atoms in total. The van der Waals surface area contributed by atoms with Crippen molar-refractivity contribution in [2.24, 2.45) is 5.92 Å². The van der Waals surface area contributed by atoms with E-state index in [0.717, 1.165) is 24.5 Å². The van der Waals surface area contributed by atoms with E-state index in [2.05, 4.69) is 38.2 Å². The molecule has 0 spiro atoms. The molecule has 1 saturated carbocycles. The molecule has 0 saturated heterocycles. The number of amides is 1. The molecule has 0 bridgehead atoms. The van der Waals surface area contributed by atoms with E-state index in [1.807, 2.05) is 12.1 Å². The summed E-state index contributed by atoms with van der Waals surface area (Å²) in [7, 11) is 0. The summed E-state index contributed by atoms with van der Waals surface area (Å²) >= 11 is 0. The Labute approximate surface area is 121 Å². The summed E-state index contributed by atoms with van der Waals surface area (Å²) in [4.78, 5) is 11.8. The molecule has 0 heterocycles. The summed E-state index contributed by atoms with van der Waals surface area (Å²) in [5.74, 6) is 1.97. The molecule has 0 aliphatic heterocycles. The van der Waals surface area contributed by atoms with Crippen LogP contribution in [0.2, 0.25) is 0 Å². The molecule has 1 amide bonds. The Kier molecular flexibility index (Phi) is 5.05. The molecule has 20 heavy (non-hydrogen) atoms. The number of rotatable bonds is 5. The van der Waals surface area contributed by atoms with Crippen molar-refractivity contribution in [1.82, 2.24) is 5.32 Å². The van der Waals surface area contributed by atoms with Crippen molar-refractivity contribution >= 4 is 5.91 Å². The number of ether oxygens (including phenoxy) is 1. The van der Waals surface area contributed by atoms with Gasteiger partial charge in [-0.25, -0.2) is 0 Å². The van der Waals surface area contributed by atoms with Crippen molar-refractivity contribution in [3.05, 3.63) is 29.8 Å². The van der Waals surface area contributed by atoms with Crippen molar-refractivity contribution in [1.29, 1.82) is 0 Å². The molecule has 1 aliphatic carbocycles. The monoisotopic (exact) mass is 275 g/mol. The Bertz CT molecular complexity index is 439. The maximum absolute atomic E-state index is 11.8. The molecular weight excluding hydrogens is 250 g/mol. The third-order valence-electron chi connectivity index (χ3n) is 3.98. The van der Waals surface area contributed by atoms with Gasteiger partial charge in [0, 0.05) is 6.04 Å². The molecule has 1 aliphatic rings. The van der Waals surface area contributed by atoms with Crippen molar-refractivity contribution in [2.75, 3.05) is 6.61 Å². The third kappa shape index (κ3) is 4.26. The fourth-order valence-corrected chi connectivity index (χ4v) is 2.71. The highest BCUT2D eigenvalue weighted by Crippen LogP contribution is 2.24. The second kappa shape index (κ2) is 6.78. The van der Waals surface area contributed by atoms with Gasteiger partial charge in [0.25, 0.3) is 5.91 Å². The number of hydrogen-bond donors (Lipinski definition) is 1. The Morgan fingerprint density at radius 1 is 1.30 bits per heavy atom. The first-order valence-corrected chi connectivity index (χ1v) is 7.56. The first-order valence-electron chi connectivity index (χ1n) is 7.56. The second-order valence-electron chi connectivity index (χ2n) is 6.20. The van der Waals surface area contributed by atoms with Gasteiger partial charge < -0.3 is 10.1 Å². The highest BCUT2D eigenvalue weighted by atomic mass is 16.5. The summed E-state index contributed by atoms with van der Waals surface area (Å²) in [6, 6.07) is 8.30. The third-order valence-corrected chi connectivity index (χ3v) is 3.98. The van der Waals surface area contributed by atoms with Crippen molar-refractivity contribution < 1.29 is 9.53 Å². The quantitative estimate of drug-likeness (QED) is 0.893. The van der Waals surface area contributed by atoms with Gasteiger partial charge in [-0.15, -0.1) is 0 Å². The molecule has 110 valence electrons. The van der Waals surface area contributed by atoms with Crippen LogP contribution in [0, 0.1) is 5.92 Å². The number of carbonyl (C=O) groups is 1. The molecule has 2 rings (SSSR count). The lowest BCUT2D eigenvalue weighted by Gasteiger charge is -2.13. The molecule has 1 N–H and O–H groups in total.